The van der Waals surface area contributed by atoms with Crippen molar-refractivity contribution in [3.05, 3.63) is 29.8 Å². The molecule has 2 rings (SSSR count). The molecule has 112 valence electrons. The van der Waals surface area contributed by atoms with E-state index in [1.165, 1.54) is 47.4 Å². The van der Waals surface area contributed by atoms with E-state index < -0.39 is 6.61 Å². The van der Waals surface area contributed by atoms with Crippen molar-refractivity contribution in [3.63, 3.8) is 0 Å². The molecule has 0 aliphatic carbocycles. The fourth-order valence-corrected chi connectivity index (χ4v) is 3.01. The van der Waals surface area contributed by atoms with Gasteiger partial charge in [0.05, 0.1) is 5.25 Å². The molecule has 0 saturated carbocycles. The van der Waals surface area contributed by atoms with Crippen molar-refractivity contribution in [1.29, 1.82) is 0 Å². The van der Waals surface area contributed by atoms with Gasteiger partial charge >= 0.3 is 6.61 Å². The molecule has 0 spiro atoms. The van der Waals surface area contributed by atoms with Crippen molar-refractivity contribution in [2.75, 3.05) is 5.32 Å². The van der Waals surface area contributed by atoms with Gasteiger partial charge in [-0.1, -0.05) is 23.1 Å². The minimum atomic E-state index is -2.87. The van der Waals surface area contributed by atoms with Crippen LogP contribution < -0.4 is 10.1 Å². The van der Waals surface area contributed by atoms with Crippen molar-refractivity contribution in [2.45, 2.75) is 23.1 Å². The number of hydrogen-bond acceptors (Lipinski definition) is 6. The van der Waals surface area contributed by atoms with Crippen LogP contribution in [-0.2, 0) is 4.79 Å². The van der Waals surface area contributed by atoms with Crippen molar-refractivity contribution >= 4 is 34.7 Å². The lowest BCUT2D eigenvalue weighted by molar-refractivity contribution is -0.115. The molecule has 0 saturated heterocycles. The van der Waals surface area contributed by atoms with E-state index in [2.05, 4.69) is 20.3 Å². The summed E-state index contributed by atoms with van der Waals surface area (Å²) >= 11 is 2.65. The monoisotopic (exact) mass is 331 g/mol. The van der Waals surface area contributed by atoms with Crippen molar-refractivity contribution < 1.29 is 18.3 Å². The summed E-state index contributed by atoms with van der Waals surface area (Å²) < 4.78 is 29.0. The number of alkyl halides is 2. The van der Waals surface area contributed by atoms with Gasteiger partial charge in [-0.05, 0) is 31.2 Å². The molecule has 1 heterocycles. The SMILES string of the molecule is C[C@H](Sc1nncs1)C(=O)Nc1ccc(OC(F)F)cc1. The molecule has 0 aliphatic heterocycles. The molecule has 5 nitrogen and oxygen atoms in total. The van der Waals surface area contributed by atoms with Gasteiger partial charge in [-0.2, -0.15) is 8.78 Å². The Morgan fingerprint density at radius 3 is 2.67 bits per heavy atom. The van der Waals surface area contributed by atoms with Gasteiger partial charge in [-0.25, -0.2) is 0 Å². The van der Waals surface area contributed by atoms with E-state index in [0.29, 0.717) is 10.0 Å². The Bertz CT molecular complexity index is 579. The maximum Gasteiger partial charge on any atom is 0.387 e. The van der Waals surface area contributed by atoms with Gasteiger partial charge in [0.25, 0.3) is 0 Å². The molecule has 0 radical (unpaired) electrons. The number of benzene rings is 1. The average molecular weight is 331 g/mol. The van der Waals surface area contributed by atoms with Gasteiger partial charge in [-0.15, -0.1) is 10.2 Å². The summed E-state index contributed by atoms with van der Waals surface area (Å²) in [5, 5.41) is 9.88. The Labute approximate surface area is 127 Å². The van der Waals surface area contributed by atoms with Crippen LogP contribution in [0, 0.1) is 0 Å². The largest absolute Gasteiger partial charge is 0.435 e. The molecule has 9 heteroatoms. The van der Waals surface area contributed by atoms with E-state index in [-0.39, 0.29) is 16.9 Å². The topological polar surface area (TPSA) is 64.1 Å². The fourth-order valence-electron chi connectivity index (χ4n) is 1.38. The van der Waals surface area contributed by atoms with E-state index in [9.17, 15) is 13.6 Å². The molecule has 0 unspecified atom stereocenters. The molecule has 1 aromatic heterocycles. The minimum Gasteiger partial charge on any atom is -0.435 e. The second kappa shape index (κ2) is 7.32. The Hall–Kier alpha value is -1.74. The second-order valence-electron chi connectivity index (χ2n) is 3.86. The number of amides is 1. The number of hydrogen-bond donors (Lipinski definition) is 1. The number of ether oxygens (including phenoxy) is 1. The van der Waals surface area contributed by atoms with Crippen LogP contribution in [0.5, 0.6) is 5.75 Å². The number of anilines is 1. The van der Waals surface area contributed by atoms with Crippen molar-refractivity contribution in [1.82, 2.24) is 10.2 Å². The van der Waals surface area contributed by atoms with Crippen LogP contribution in [0.25, 0.3) is 0 Å². The molecule has 0 fully saturated rings. The van der Waals surface area contributed by atoms with Crippen LogP contribution in [-0.4, -0.2) is 28.0 Å². The summed E-state index contributed by atoms with van der Waals surface area (Å²) in [4.78, 5) is 12.0. The Kier molecular flexibility index (Phi) is 5.45. The third-order valence-corrected chi connectivity index (χ3v) is 4.25. The number of nitrogens with zero attached hydrogens (tertiary/aromatic N) is 2. The minimum absolute atomic E-state index is 0.0410. The van der Waals surface area contributed by atoms with Gasteiger partial charge in [0, 0.05) is 5.69 Å². The number of nitrogens with one attached hydrogen (secondary N) is 1. The first-order valence-corrected chi connectivity index (χ1v) is 7.59. The molecule has 2 aromatic rings. The van der Waals surface area contributed by atoms with E-state index in [4.69, 9.17) is 0 Å². The summed E-state index contributed by atoms with van der Waals surface area (Å²) in [7, 11) is 0. The molecular formula is C12H11F2N3O2S2. The van der Waals surface area contributed by atoms with Gasteiger partial charge in [0.1, 0.15) is 11.3 Å². The van der Waals surface area contributed by atoms with E-state index in [1.807, 2.05) is 0 Å². The maximum absolute atomic E-state index is 12.0. The zero-order chi connectivity index (χ0) is 15.2. The second-order valence-corrected chi connectivity index (χ2v) is 6.28. The first kappa shape index (κ1) is 15.6. The number of rotatable bonds is 6. The van der Waals surface area contributed by atoms with Crippen LogP contribution in [0.1, 0.15) is 6.92 Å². The summed E-state index contributed by atoms with van der Waals surface area (Å²) in [6.07, 6.45) is 0. The average Bonchev–Trinajstić information content (AvgIpc) is 2.93. The van der Waals surface area contributed by atoms with Crippen molar-refractivity contribution in [2.24, 2.45) is 0 Å². The Morgan fingerprint density at radius 2 is 2.10 bits per heavy atom. The lowest BCUT2D eigenvalue weighted by atomic mass is 10.3. The number of halogens is 2. The van der Waals surface area contributed by atoms with Crippen LogP contribution in [0.15, 0.2) is 34.1 Å². The predicted molar refractivity (Wildman–Crippen MR) is 76.9 cm³/mol. The van der Waals surface area contributed by atoms with Gasteiger partial charge in [0.15, 0.2) is 4.34 Å². The number of aromatic nitrogens is 2. The van der Waals surface area contributed by atoms with Crippen LogP contribution in [0.3, 0.4) is 0 Å². The van der Waals surface area contributed by atoms with E-state index >= 15 is 0 Å². The third kappa shape index (κ3) is 4.94. The fraction of sp³-hybridized carbons (Fsp3) is 0.250. The van der Waals surface area contributed by atoms with Gasteiger partial charge in [-0.3, -0.25) is 4.79 Å². The van der Waals surface area contributed by atoms with E-state index in [0.717, 1.165) is 0 Å². The number of carbonyl (C=O) groups is 1. The maximum atomic E-state index is 12.0. The molecule has 1 atom stereocenters. The smallest absolute Gasteiger partial charge is 0.387 e. The van der Waals surface area contributed by atoms with Crippen LogP contribution in [0.2, 0.25) is 0 Å². The normalized spacial score (nSPS) is 12.2. The molecule has 0 aliphatic rings. The van der Waals surface area contributed by atoms with Crippen LogP contribution >= 0.6 is 23.1 Å². The molecule has 21 heavy (non-hydrogen) atoms. The zero-order valence-electron chi connectivity index (χ0n) is 10.8. The highest BCUT2D eigenvalue weighted by atomic mass is 32.2. The molecule has 1 N–H and O–H groups in total. The first-order valence-electron chi connectivity index (χ1n) is 5.83. The van der Waals surface area contributed by atoms with Gasteiger partial charge < -0.3 is 10.1 Å². The van der Waals surface area contributed by atoms with Crippen LogP contribution in [0.4, 0.5) is 14.5 Å². The third-order valence-electron chi connectivity index (χ3n) is 2.33. The predicted octanol–water partition coefficient (Wildman–Crippen LogP) is 3.26. The molecule has 1 amide bonds. The molecule has 0 bridgehead atoms. The highest BCUT2D eigenvalue weighted by molar-refractivity contribution is 8.02. The standard InChI is InChI=1S/C12H11F2N3O2S2/c1-7(21-12-17-15-6-20-12)10(18)16-8-2-4-9(5-3-8)19-11(13)14/h2-7,11H,1H3,(H,16,18)/t7-/m0/s1. The lowest BCUT2D eigenvalue weighted by Gasteiger charge is -2.11. The quantitative estimate of drug-likeness (QED) is 0.823. The van der Waals surface area contributed by atoms with Crippen molar-refractivity contribution in [3.8, 4) is 5.75 Å². The van der Waals surface area contributed by atoms with E-state index in [1.54, 1.807) is 12.4 Å². The number of carbonyl (C=O) groups excluding carboxylic acids is 1. The Morgan fingerprint density at radius 1 is 1.38 bits per heavy atom. The number of thioether (sulfide) groups is 1. The highest BCUT2D eigenvalue weighted by Crippen LogP contribution is 2.25. The lowest BCUT2D eigenvalue weighted by Crippen LogP contribution is -2.22. The summed E-state index contributed by atoms with van der Waals surface area (Å²) in [6.45, 7) is -1.12. The first-order chi connectivity index (χ1) is 10.0. The van der Waals surface area contributed by atoms with Gasteiger partial charge in [0.2, 0.25) is 5.91 Å². The zero-order valence-corrected chi connectivity index (χ0v) is 12.5. The Balaban J connectivity index is 1.89. The summed E-state index contributed by atoms with van der Waals surface area (Å²) in [6, 6.07) is 5.73. The molecular weight excluding hydrogens is 320 g/mol. The summed E-state index contributed by atoms with van der Waals surface area (Å²) in [5.74, 6) is -0.169. The molecule has 1 aromatic carbocycles. The summed E-state index contributed by atoms with van der Waals surface area (Å²) in [5.41, 5.74) is 2.10. The highest BCUT2D eigenvalue weighted by Gasteiger charge is 2.16.